The maximum absolute atomic E-state index is 12.4. The number of hydrazone groups is 1. The zero-order valence-corrected chi connectivity index (χ0v) is 17.5. The largest absolute Gasteiger partial charge is 0.496 e. The molecule has 0 saturated carbocycles. The molecule has 30 heavy (non-hydrogen) atoms. The topological polar surface area (TPSA) is 76.3 Å². The standard InChI is InChI=1S/C22H22ClN3O4/c1-28-19-12-17(26-7-3-4-8-26)20(29-2)11-15(19)13-24-25-22(27)21-10-14-9-16(23)5-6-18(14)30-21/h5-6,9-13H,3-4,7-8H2,1-2H3,(H,25,27)/b24-13-. The second-order valence-electron chi connectivity index (χ2n) is 6.95. The van der Waals surface area contributed by atoms with Crippen molar-refractivity contribution >= 4 is 40.4 Å². The molecule has 1 saturated heterocycles. The number of halogens is 1. The zero-order valence-electron chi connectivity index (χ0n) is 16.8. The lowest BCUT2D eigenvalue weighted by atomic mass is 10.1. The van der Waals surface area contributed by atoms with Crippen LogP contribution in [0.1, 0.15) is 29.0 Å². The molecule has 0 aliphatic carbocycles. The normalized spacial score (nSPS) is 13.9. The first-order chi connectivity index (χ1) is 14.6. The SMILES string of the molecule is COc1cc(N2CCCC2)c(OC)cc1/C=N\NC(=O)c1cc2cc(Cl)ccc2o1. The van der Waals surface area contributed by atoms with Crippen LogP contribution in [-0.2, 0) is 0 Å². The van der Waals surface area contributed by atoms with E-state index >= 15 is 0 Å². The van der Waals surface area contributed by atoms with Crippen molar-refractivity contribution < 1.29 is 18.7 Å². The van der Waals surface area contributed by atoms with Crippen molar-refractivity contribution in [2.45, 2.75) is 12.8 Å². The fraction of sp³-hybridized carbons (Fsp3) is 0.273. The summed E-state index contributed by atoms with van der Waals surface area (Å²) in [4.78, 5) is 14.7. The molecule has 1 fully saturated rings. The molecule has 1 amide bonds. The van der Waals surface area contributed by atoms with E-state index in [1.807, 2.05) is 12.1 Å². The van der Waals surface area contributed by atoms with Crippen LogP contribution in [0.2, 0.25) is 5.02 Å². The van der Waals surface area contributed by atoms with E-state index in [0.29, 0.717) is 21.9 Å². The van der Waals surface area contributed by atoms with Crippen LogP contribution >= 0.6 is 11.6 Å². The molecule has 0 atom stereocenters. The minimum atomic E-state index is -0.460. The van der Waals surface area contributed by atoms with Crippen molar-refractivity contribution in [1.29, 1.82) is 0 Å². The average molecular weight is 428 g/mol. The summed E-state index contributed by atoms with van der Waals surface area (Å²) in [7, 11) is 3.24. The Bertz CT molecular complexity index is 1100. The van der Waals surface area contributed by atoms with Crippen LogP contribution in [0, 0.1) is 0 Å². The number of ether oxygens (including phenoxy) is 2. The van der Waals surface area contributed by atoms with Crippen LogP contribution in [0.3, 0.4) is 0 Å². The highest BCUT2D eigenvalue weighted by Gasteiger charge is 2.19. The van der Waals surface area contributed by atoms with Crippen LogP contribution in [0.5, 0.6) is 11.5 Å². The number of anilines is 1. The second-order valence-corrected chi connectivity index (χ2v) is 7.39. The van der Waals surface area contributed by atoms with Crippen LogP contribution in [-0.4, -0.2) is 39.4 Å². The van der Waals surface area contributed by atoms with E-state index in [0.717, 1.165) is 42.8 Å². The van der Waals surface area contributed by atoms with Crippen LogP contribution < -0.4 is 19.8 Å². The van der Waals surface area contributed by atoms with E-state index in [4.69, 9.17) is 25.5 Å². The van der Waals surface area contributed by atoms with Gasteiger partial charge in [0.05, 0.1) is 26.1 Å². The predicted molar refractivity (Wildman–Crippen MR) is 117 cm³/mol. The molecule has 156 valence electrons. The van der Waals surface area contributed by atoms with E-state index in [2.05, 4.69) is 15.4 Å². The molecule has 3 aromatic rings. The number of hydrogen-bond donors (Lipinski definition) is 1. The van der Waals surface area contributed by atoms with Gasteiger partial charge in [-0.05, 0) is 43.2 Å². The molecule has 0 spiro atoms. The number of fused-ring (bicyclic) bond motifs is 1. The molecule has 0 radical (unpaired) electrons. The monoisotopic (exact) mass is 427 g/mol. The number of furan rings is 1. The van der Waals surface area contributed by atoms with E-state index in [1.165, 1.54) is 6.21 Å². The summed E-state index contributed by atoms with van der Waals surface area (Å²) in [6.07, 6.45) is 3.84. The Morgan fingerprint density at radius 1 is 1.13 bits per heavy atom. The van der Waals surface area contributed by atoms with Crippen molar-refractivity contribution in [3.63, 3.8) is 0 Å². The fourth-order valence-corrected chi connectivity index (χ4v) is 3.73. The highest BCUT2D eigenvalue weighted by molar-refractivity contribution is 6.31. The Labute approximate surface area is 179 Å². The van der Waals surface area contributed by atoms with Crippen molar-refractivity contribution in [2.24, 2.45) is 5.10 Å². The molecule has 4 rings (SSSR count). The Morgan fingerprint density at radius 2 is 1.90 bits per heavy atom. The maximum Gasteiger partial charge on any atom is 0.307 e. The van der Waals surface area contributed by atoms with Gasteiger partial charge in [-0.15, -0.1) is 0 Å². The highest BCUT2D eigenvalue weighted by atomic mass is 35.5. The molecule has 1 aromatic heterocycles. The number of rotatable bonds is 6. The molecule has 0 unspecified atom stereocenters. The van der Waals surface area contributed by atoms with Gasteiger partial charge in [-0.3, -0.25) is 4.79 Å². The van der Waals surface area contributed by atoms with E-state index in [1.54, 1.807) is 38.5 Å². The van der Waals surface area contributed by atoms with Gasteiger partial charge in [0, 0.05) is 35.1 Å². The smallest absolute Gasteiger partial charge is 0.307 e. The molecule has 2 aromatic carbocycles. The third-order valence-electron chi connectivity index (χ3n) is 5.05. The number of amides is 1. The molecule has 1 N–H and O–H groups in total. The van der Waals surface area contributed by atoms with Gasteiger partial charge in [0.1, 0.15) is 17.1 Å². The molecule has 2 heterocycles. The summed E-state index contributed by atoms with van der Waals surface area (Å²) in [6.45, 7) is 1.98. The van der Waals surface area contributed by atoms with Crippen LogP contribution in [0.15, 0.2) is 45.9 Å². The Balaban J connectivity index is 1.52. The van der Waals surface area contributed by atoms with Gasteiger partial charge in [-0.25, -0.2) is 5.43 Å². The lowest BCUT2D eigenvalue weighted by molar-refractivity contribution is 0.0929. The number of nitrogens with zero attached hydrogens (tertiary/aromatic N) is 2. The summed E-state index contributed by atoms with van der Waals surface area (Å²) < 4.78 is 16.6. The van der Waals surface area contributed by atoms with E-state index < -0.39 is 5.91 Å². The zero-order chi connectivity index (χ0) is 21.1. The predicted octanol–water partition coefficient (Wildman–Crippen LogP) is 4.47. The number of hydrogen-bond acceptors (Lipinski definition) is 6. The van der Waals surface area contributed by atoms with Gasteiger partial charge in [0.15, 0.2) is 5.76 Å². The lowest BCUT2D eigenvalue weighted by Gasteiger charge is -2.22. The first kappa shape index (κ1) is 20.1. The third-order valence-corrected chi connectivity index (χ3v) is 5.28. The van der Waals surface area contributed by atoms with Crippen molar-refractivity contribution in [3.05, 3.63) is 52.7 Å². The van der Waals surface area contributed by atoms with E-state index in [-0.39, 0.29) is 5.76 Å². The molecule has 1 aliphatic rings. The Morgan fingerprint density at radius 3 is 2.63 bits per heavy atom. The first-order valence-electron chi connectivity index (χ1n) is 9.62. The van der Waals surface area contributed by atoms with Gasteiger partial charge in [-0.1, -0.05) is 11.6 Å². The van der Waals surface area contributed by atoms with Crippen molar-refractivity contribution in [2.75, 3.05) is 32.2 Å². The minimum Gasteiger partial charge on any atom is -0.496 e. The van der Waals surface area contributed by atoms with Crippen LogP contribution in [0.25, 0.3) is 11.0 Å². The molecular formula is C22H22ClN3O4. The number of benzene rings is 2. The highest BCUT2D eigenvalue weighted by Crippen LogP contribution is 2.36. The summed E-state index contributed by atoms with van der Waals surface area (Å²) >= 11 is 5.97. The number of nitrogens with one attached hydrogen (secondary N) is 1. The summed E-state index contributed by atoms with van der Waals surface area (Å²) in [5.41, 5.74) is 4.74. The maximum atomic E-state index is 12.4. The molecule has 0 bridgehead atoms. The fourth-order valence-electron chi connectivity index (χ4n) is 3.55. The van der Waals surface area contributed by atoms with E-state index in [9.17, 15) is 4.79 Å². The quantitative estimate of drug-likeness (QED) is 0.464. The number of carbonyl (C=O) groups excluding carboxylic acids is 1. The second kappa shape index (κ2) is 8.67. The number of methoxy groups -OCH3 is 2. The van der Waals surface area contributed by atoms with Crippen LogP contribution in [0.4, 0.5) is 5.69 Å². The van der Waals surface area contributed by atoms with Gasteiger partial charge in [-0.2, -0.15) is 5.10 Å². The lowest BCUT2D eigenvalue weighted by Crippen LogP contribution is -2.19. The van der Waals surface area contributed by atoms with Gasteiger partial charge in [0.2, 0.25) is 0 Å². The summed E-state index contributed by atoms with van der Waals surface area (Å²) in [6, 6.07) is 10.6. The molecule has 8 heteroatoms. The Kier molecular flexibility index (Phi) is 5.81. The third kappa shape index (κ3) is 4.07. The number of carbonyl (C=O) groups is 1. The first-order valence-corrected chi connectivity index (χ1v) is 10.0. The van der Waals surface area contributed by atoms with Gasteiger partial charge in [0.25, 0.3) is 0 Å². The molecule has 1 aliphatic heterocycles. The molecule has 7 nitrogen and oxygen atoms in total. The van der Waals surface area contributed by atoms with Crippen molar-refractivity contribution in [1.82, 2.24) is 5.43 Å². The minimum absolute atomic E-state index is 0.151. The molecular weight excluding hydrogens is 406 g/mol. The Hall–Kier alpha value is -3.19. The summed E-state index contributed by atoms with van der Waals surface area (Å²) in [5.74, 6) is 1.07. The van der Waals surface area contributed by atoms with Gasteiger partial charge >= 0.3 is 5.91 Å². The average Bonchev–Trinajstić information content (AvgIpc) is 3.42. The van der Waals surface area contributed by atoms with Gasteiger partial charge < -0.3 is 18.8 Å². The summed E-state index contributed by atoms with van der Waals surface area (Å²) in [5, 5.41) is 5.38. The van der Waals surface area contributed by atoms with Crippen molar-refractivity contribution in [3.8, 4) is 11.5 Å².